The summed E-state index contributed by atoms with van der Waals surface area (Å²) in [6, 6.07) is 0. The summed E-state index contributed by atoms with van der Waals surface area (Å²) in [6.45, 7) is 5.30. The Bertz CT molecular complexity index is 378. The molecule has 0 radical (unpaired) electrons. The van der Waals surface area contributed by atoms with Crippen molar-refractivity contribution in [3.63, 3.8) is 0 Å². The van der Waals surface area contributed by atoms with E-state index in [1.54, 1.807) is 20.8 Å². The maximum atomic E-state index is 11.3. The lowest BCUT2D eigenvalue weighted by Crippen LogP contribution is -2.36. The van der Waals surface area contributed by atoms with Crippen molar-refractivity contribution in [3.8, 4) is 0 Å². The smallest absolute Gasteiger partial charge is 0.426 e. The van der Waals surface area contributed by atoms with Gasteiger partial charge in [-0.15, -0.1) is 0 Å². The molecule has 1 aromatic rings. The molecule has 0 aliphatic carbocycles. The van der Waals surface area contributed by atoms with Crippen LogP contribution >= 0.6 is 11.6 Å². The molecule has 0 saturated carbocycles. The number of hydrogen-bond acceptors (Lipinski definition) is 5. The Balaban J connectivity index is 2.47. The molecule has 1 amide bonds. The molecule has 0 aliphatic rings. The summed E-state index contributed by atoms with van der Waals surface area (Å²) in [5.74, 6) is 0.259. The highest BCUT2D eigenvalue weighted by Gasteiger charge is 2.16. The molecule has 1 rings (SSSR count). The molecule has 0 aliphatic heterocycles. The van der Waals surface area contributed by atoms with Crippen molar-refractivity contribution in [1.82, 2.24) is 15.4 Å². The molecule has 1 aromatic heterocycles. The van der Waals surface area contributed by atoms with Crippen molar-refractivity contribution in [3.05, 3.63) is 17.5 Å². The average Bonchev–Trinajstić information content (AvgIpc) is 2.14. The molecular weight excluding hydrogens is 232 g/mol. The maximum Gasteiger partial charge on any atom is 0.426 e. The SMILES string of the molecule is CC(C)(C)OC(=O)NNc1nccnc1Cl. The molecule has 0 spiro atoms. The van der Waals surface area contributed by atoms with E-state index in [2.05, 4.69) is 20.8 Å². The van der Waals surface area contributed by atoms with E-state index in [1.165, 1.54) is 12.4 Å². The molecular formula is C9H13ClN4O2. The number of amides is 1. The quantitative estimate of drug-likeness (QED) is 0.778. The van der Waals surface area contributed by atoms with Gasteiger partial charge in [-0.25, -0.2) is 20.2 Å². The summed E-state index contributed by atoms with van der Waals surface area (Å²) in [6.07, 6.45) is 2.28. The van der Waals surface area contributed by atoms with Gasteiger partial charge in [0.05, 0.1) is 0 Å². The van der Waals surface area contributed by atoms with Crippen molar-refractivity contribution < 1.29 is 9.53 Å². The zero-order valence-electron chi connectivity index (χ0n) is 9.24. The van der Waals surface area contributed by atoms with Gasteiger partial charge < -0.3 is 4.74 Å². The van der Waals surface area contributed by atoms with Gasteiger partial charge in [0.25, 0.3) is 0 Å². The summed E-state index contributed by atoms with van der Waals surface area (Å²) in [4.78, 5) is 18.9. The minimum atomic E-state index is -0.616. The third-order valence-electron chi connectivity index (χ3n) is 1.34. The molecule has 0 atom stereocenters. The Hall–Kier alpha value is -1.56. The van der Waals surface area contributed by atoms with Crippen LogP contribution in [0.1, 0.15) is 20.8 Å². The van der Waals surface area contributed by atoms with E-state index in [4.69, 9.17) is 16.3 Å². The predicted octanol–water partition coefficient (Wildman–Crippen LogP) is 1.98. The number of rotatable bonds is 2. The average molecular weight is 245 g/mol. The van der Waals surface area contributed by atoms with E-state index in [1.807, 2.05) is 0 Å². The topological polar surface area (TPSA) is 76.1 Å². The number of aromatic nitrogens is 2. The van der Waals surface area contributed by atoms with Crippen LogP contribution < -0.4 is 10.9 Å². The fourth-order valence-electron chi connectivity index (χ4n) is 0.819. The van der Waals surface area contributed by atoms with Crippen LogP contribution in [0, 0.1) is 0 Å². The van der Waals surface area contributed by atoms with Gasteiger partial charge in [-0.3, -0.25) is 5.43 Å². The van der Waals surface area contributed by atoms with Crippen LogP contribution in [0.5, 0.6) is 0 Å². The lowest BCUT2D eigenvalue weighted by atomic mass is 10.2. The van der Waals surface area contributed by atoms with E-state index in [9.17, 15) is 4.79 Å². The van der Waals surface area contributed by atoms with E-state index < -0.39 is 11.7 Å². The van der Waals surface area contributed by atoms with Crippen molar-refractivity contribution in [2.24, 2.45) is 0 Å². The van der Waals surface area contributed by atoms with Crippen LogP contribution in [0.3, 0.4) is 0 Å². The number of halogens is 1. The molecule has 88 valence electrons. The zero-order valence-corrected chi connectivity index (χ0v) is 10.00. The first kappa shape index (κ1) is 12.5. The standard InChI is InChI=1S/C9H13ClN4O2/c1-9(2,3)16-8(15)14-13-7-6(10)11-4-5-12-7/h4-5H,1-3H3,(H,12,13)(H,14,15). The highest BCUT2D eigenvalue weighted by atomic mass is 35.5. The largest absolute Gasteiger partial charge is 0.443 e. The predicted molar refractivity (Wildman–Crippen MR) is 60.0 cm³/mol. The number of nitrogens with zero attached hydrogens (tertiary/aromatic N) is 2. The van der Waals surface area contributed by atoms with E-state index in [-0.39, 0.29) is 11.0 Å². The summed E-state index contributed by atoms with van der Waals surface area (Å²) in [5.41, 5.74) is 4.25. The van der Waals surface area contributed by atoms with Gasteiger partial charge in [0.2, 0.25) is 0 Å². The molecule has 0 aromatic carbocycles. The lowest BCUT2D eigenvalue weighted by Gasteiger charge is -2.19. The monoisotopic (exact) mass is 244 g/mol. The second kappa shape index (κ2) is 4.98. The van der Waals surface area contributed by atoms with Gasteiger partial charge in [0.1, 0.15) is 5.60 Å². The van der Waals surface area contributed by atoms with Crippen LogP contribution in [0.4, 0.5) is 10.6 Å². The van der Waals surface area contributed by atoms with E-state index >= 15 is 0 Å². The van der Waals surface area contributed by atoms with Crippen LogP contribution in [-0.2, 0) is 4.74 Å². The van der Waals surface area contributed by atoms with Gasteiger partial charge >= 0.3 is 6.09 Å². The first-order valence-electron chi connectivity index (χ1n) is 4.60. The zero-order chi connectivity index (χ0) is 12.2. The number of hydrogen-bond donors (Lipinski definition) is 2. The first-order valence-corrected chi connectivity index (χ1v) is 4.98. The minimum absolute atomic E-state index is 0.165. The number of hydrazine groups is 1. The first-order chi connectivity index (χ1) is 7.38. The summed E-state index contributed by atoms with van der Waals surface area (Å²) in [7, 11) is 0. The van der Waals surface area contributed by atoms with E-state index in [0.29, 0.717) is 0 Å². The Labute approximate surface area is 98.3 Å². The molecule has 16 heavy (non-hydrogen) atoms. The van der Waals surface area contributed by atoms with Gasteiger partial charge in [0.15, 0.2) is 11.0 Å². The molecule has 2 N–H and O–H groups in total. The summed E-state index contributed by atoms with van der Waals surface area (Å²) < 4.78 is 5.00. The number of ether oxygens (including phenoxy) is 1. The number of carbonyl (C=O) groups is 1. The molecule has 6 nitrogen and oxygen atoms in total. The minimum Gasteiger partial charge on any atom is -0.443 e. The number of nitrogens with one attached hydrogen (secondary N) is 2. The third-order valence-corrected chi connectivity index (χ3v) is 1.61. The van der Waals surface area contributed by atoms with Crippen LogP contribution in [0.25, 0.3) is 0 Å². The molecule has 0 fully saturated rings. The lowest BCUT2D eigenvalue weighted by molar-refractivity contribution is 0.0541. The van der Waals surface area contributed by atoms with Crippen LogP contribution in [0.2, 0.25) is 5.15 Å². The Kier molecular flexibility index (Phi) is 3.89. The van der Waals surface area contributed by atoms with Crippen molar-refractivity contribution in [2.45, 2.75) is 26.4 Å². The normalized spacial score (nSPS) is 10.8. The molecule has 1 heterocycles. The highest BCUT2D eigenvalue weighted by molar-refractivity contribution is 6.31. The molecule has 0 bridgehead atoms. The van der Waals surface area contributed by atoms with E-state index in [0.717, 1.165) is 0 Å². The fourth-order valence-corrected chi connectivity index (χ4v) is 0.971. The Morgan fingerprint density at radius 1 is 1.38 bits per heavy atom. The van der Waals surface area contributed by atoms with Crippen LogP contribution in [-0.4, -0.2) is 21.7 Å². The maximum absolute atomic E-state index is 11.3. The molecule has 0 unspecified atom stereocenters. The van der Waals surface area contributed by atoms with Crippen molar-refractivity contribution in [1.29, 1.82) is 0 Å². The number of anilines is 1. The number of carbonyl (C=O) groups excluding carboxylic acids is 1. The third kappa shape index (κ3) is 4.31. The van der Waals surface area contributed by atoms with Gasteiger partial charge in [-0.05, 0) is 20.8 Å². The Morgan fingerprint density at radius 3 is 2.56 bits per heavy atom. The molecule has 0 saturated heterocycles. The second-order valence-corrected chi connectivity index (χ2v) is 4.31. The summed E-state index contributed by atoms with van der Waals surface area (Å²) in [5, 5.41) is 0.165. The fraction of sp³-hybridized carbons (Fsp3) is 0.444. The van der Waals surface area contributed by atoms with Gasteiger partial charge in [-0.1, -0.05) is 11.6 Å². The van der Waals surface area contributed by atoms with Crippen molar-refractivity contribution >= 4 is 23.5 Å². The Morgan fingerprint density at radius 2 is 2.00 bits per heavy atom. The van der Waals surface area contributed by atoms with Crippen LogP contribution in [0.15, 0.2) is 12.4 Å². The van der Waals surface area contributed by atoms with Gasteiger partial charge in [-0.2, -0.15) is 0 Å². The van der Waals surface area contributed by atoms with Crippen molar-refractivity contribution in [2.75, 3.05) is 5.43 Å². The second-order valence-electron chi connectivity index (χ2n) is 3.95. The highest BCUT2D eigenvalue weighted by Crippen LogP contribution is 2.13. The van der Waals surface area contributed by atoms with Gasteiger partial charge in [0, 0.05) is 12.4 Å². The molecule has 7 heteroatoms. The summed E-state index contributed by atoms with van der Waals surface area (Å²) >= 11 is 5.71.